The third kappa shape index (κ3) is 3.04. The van der Waals surface area contributed by atoms with Crippen LogP contribution >= 0.6 is 0 Å². The number of nitrogens with one attached hydrogen (secondary N) is 3. The maximum absolute atomic E-state index is 12.1. The second-order valence-electron chi connectivity index (χ2n) is 4.90. The first-order valence-corrected chi connectivity index (χ1v) is 6.57. The molecule has 0 radical (unpaired) electrons. The lowest BCUT2D eigenvalue weighted by Gasteiger charge is -2.32. The van der Waals surface area contributed by atoms with Crippen LogP contribution in [0.1, 0.15) is 44.9 Å². The van der Waals surface area contributed by atoms with Gasteiger partial charge in [0.05, 0.1) is 0 Å². The lowest BCUT2D eigenvalue weighted by Crippen LogP contribution is -2.65. The van der Waals surface area contributed by atoms with Gasteiger partial charge in [-0.25, -0.2) is 0 Å². The van der Waals surface area contributed by atoms with Gasteiger partial charge in [0.2, 0.25) is 5.91 Å². The highest BCUT2D eigenvalue weighted by atomic mass is 16.2. The minimum absolute atomic E-state index is 0.157. The van der Waals surface area contributed by atoms with Crippen molar-refractivity contribution < 1.29 is 9.59 Å². The molecule has 0 saturated carbocycles. The van der Waals surface area contributed by atoms with Crippen LogP contribution in [0.3, 0.4) is 0 Å². The summed E-state index contributed by atoms with van der Waals surface area (Å²) in [6.07, 6.45) is 6.45. The van der Waals surface area contributed by atoms with Crippen molar-refractivity contribution in [2.24, 2.45) is 0 Å². The van der Waals surface area contributed by atoms with Gasteiger partial charge in [-0.2, -0.15) is 0 Å². The fourth-order valence-electron chi connectivity index (χ4n) is 2.53. The van der Waals surface area contributed by atoms with E-state index in [1.165, 1.54) is 12.8 Å². The van der Waals surface area contributed by atoms with Crippen molar-refractivity contribution in [1.29, 1.82) is 0 Å². The summed E-state index contributed by atoms with van der Waals surface area (Å²) in [6.45, 7) is 1.66. The molecular formula is C12H21N3O2. The second-order valence-corrected chi connectivity index (χ2v) is 4.90. The van der Waals surface area contributed by atoms with Crippen LogP contribution in [-0.4, -0.2) is 30.6 Å². The zero-order chi connectivity index (χ0) is 12.1. The van der Waals surface area contributed by atoms with E-state index in [0.717, 1.165) is 32.4 Å². The highest BCUT2D eigenvalue weighted by Gasteiger charge is 2.39. The van der Waals surface area contributed by atoms with E-state index in [4.69, 9.17) is 0 Å². The Labute approximate surface area is 102 Å². The zero-order valence-corrected chi connectivity index (χ0v) is 10.2. The molecule has 2 fully saturated rings. The molecule has 5 heteroatoms. The summed E-state index contributed by atoms with van der Waals surface area (Å²) >= 11 is 0. The van der Waals surface area contributed by atoms with E-state index >= 15 is 0 Å². The van der Waals surface area contributed by atoms with Gasteiger partial charge < -0.3 is 0 Å². The highest BCUT2D eigenvalue weighted by Crippen LogP contribution is 2.17. The monoisotopic (exact) mass is 239 g/mol. The first kappa shape index (κ1) is 12.5. The smallest absolute Gasteiger partial charge is 0.261 e. The third-order valence-electron chi connectivity index (χ3n) is 3.55. The fraction of sp³-hybridized carbons (Fsp3) is 0.833. The molecule has 0 bridgehead atoms. The van der Waals surface area contributed by atoms with Crippen LogP contribution < -0.4 is 16.0 Å². The van der Waals surface area contributed by atoms with Crippen molar-refractivity contribution in [3.63, 3.8) is 0 Å². The molecule has 2 aliphatic heterocycles. The van der Waals surface area contributed by atoms with E-state index in [0.29, 0.717) is 12.8 Å². The molecule has 96 valence electrons. The van der Waals surface area contributed by atoms with Crippen molar-refractivity contribution in [2.45, 2.75) is 50.6 Å². The van der Waals surface area contributed by atoms with Gasteiger partial charge in [0, 0.05) is 6.42 Å². The minimum atomic E-state index is -0.726. The van der Waals surface area contributed by atoms with Crippen molar-refractivity contribution in [1.82, 2.24) is 16.0 Å². The number of carbonyl (C=O) groups is 2. The molecule has 2 amide bonds. The van der Waals surface area contributed by atoms with Gasteiger partial charge in [-0.3, -0.25) is 25.5 Å². The summed E-state index contributed by atoms with van der Waals surface area (Å²) in [6, 6.07) is 0. The maximum Gasteiger partial charge on any atom is 0.261 e. The number of imide groups is 1. The number of hydrogen-bond acceptors (Lipinski definition) is 4. The van der Waals surface area contributed by atoms with Gasteiger partial charge in [0.15, 0.2) is 5.66 Å². The van der Waals surface area contributed by atoms with Crippen molar-refractivity contribution in [3.05, 3.63) is 0 Å². The van der Waals surface area contributed by atoms with Gasteiger partial charge in [0.1, 0.15) is 0 Å². The van der Waals surface area contributed by atoms with E-state index in [-0.39, 0.29) is 11.8 Å². The summed E-state index contributed by atoms with van der Waals surface area (Å²) in [5.41, 5.74) is -0.726. The van der Waals surface area contributed by atoms with Gasteiger partial charge >= 0.3 is 0 Å². The lowest BCUT2D eigenvalue weighted by atomic mass is 10.0. The summed E-state index contributed by atoms with van der Waals surface area (Å²) in [7, 11) is 0. The summed E-state index contributed by atoms with van der Waals surface area (Å²) < 4.78 is 0. The van der Waals surface area contributed by atoms with Crippen molar-refractivity contribution >= 4 is 11.8 Å². The maximum atomic E-state index is 12.1. The first-order valence-electron chi connectivity index (χ1n) is 6.57. The molecule has 2 heterocycles. The molecule has 0 aromatic heterocycles. The summed E-state index contributed by atoms with van der Waals surface area (Å²) in [5.74, 6) is -0.364. The van der Waals surface area contributed by atoms with Crippen molar-refractivity contribution in [3.8, 4) is 0 Å². The Morgan fingerprint density at radius 2 is 1.53 bits per heavy atom. The Morgan fingerprint density at radius 3 is 2.18 bits per heavy atom. The Morgan fingerprint density at radius 1 is 0.882 bits per heavy atom. The van der Waals surface area contributed by atoms with Crippen LogP contribution in [0, 0.1) is 0 Å². The summed E-state index contributed by atoms with van der Waals surface area (Å²) in [5, 5.41) is 9.09. The van der Waals surface area contributed by atoms with Crippen molar-refractivity contribution in [2.75, 3.05) is 13.1 Å². The number of carbonyl (C=O) groups excluding carboxylic acids is 2. The molecule has 5 nitrogen and oxygen atoms in total. The predicted molar refractivity (Wildman–Crippen MR) is 64.2 cm³/mol. The Bertz CT molecular complexity index is 294. The molecule has 2 saturated heterocycles. The Kier molecular flexibility index (Phi) is 4.12. The Hall–Kier alpha value is -0.940. The SMILES string of the molecule is O=C1CCCC2(NCCCCCCN2)C(=O)N1. The van der Waals surface area contributed by atoms with E-state index in [2.05, 4.69) is 16.0 Å². The molecule has 0 unspecified atom stereocenters. The Balaban J connectivity index is 2.11. The van der Waals surface area contributed by atoms with Crippen LogP contribution in [0.2, 0.25) is 0 Å². The van der Waals surface area contributed by atoms with E-state index in [1.54, 1.807) is 0 Å². The molecule has 3 N–H and O–H groups in total. The highest BCUT2D eigenvalue weighted by molar-refractivity contribution is 6.00. The molecule has 2 rings (SSSR count). The van der Waals surface area contributed by atoms with Gasteiger partial charge in [-0.05, 0) is 38.8 Å². The van der Waals surface area contributed by atoms with Crippen LogP contribution in [0.15, 0.2) is 0 Å². The topological polar surface area (TPSA) is 70.2 Å². The minimum Gasteiger partial charge on any atom is -0.294 e. The van der Waals surface area contributed by atoms with Crippen LogP contribution in [0.5, 0.6) is 0 Å². The fourth-order valence-corrected chi connectivity index (χ4v) is 2.53. The number of hydrogen-bond donors (Lipinski definition) is 3. The van der Waals surface area contributed by atoms with Crippen LogP contribution in [-0.2, 0) is 9.59 Å². The average Bonchev–Trinajstić information content (AvgIpc) is 2.40. The normalized spacial score (nSPS) is 26.6. The van der Waals surface area contributed by atoms with Gasteiger partial charge in [-0.15, -0.1) is 0 Å². The quantitative estimate of drug-likeness (QED) is 0.530. The predicted octanol–water partition coefficient (Wildman–Crippen LogP) is 0.263. The van der Waals surface area contributed by atoms with Crippen LogP contribution in [0.4, 0.5) is 0 Å². The van der Waals surface area contributed by atoms with Gasteiger partial charge in [0.25, 0.3) is 5.91 Å². The van der Waals surface area contributed by atoms with E-state index in [1.807, 2.05) is 0 Å². The molecule has 0 aromatic carbocycles. The van der Waals surface area contributed by atoms with Gasteiger partial charge in [-0.1, -0.05) is 12.8 Å². The average molecular weight is 239 g/mol. The lowest BCUT2D eigenvalue weighted by molar-refractivity contribution is -0.134. The molecule has 0 atom stereocenters. The first-order chi connectivity index (χ1) is 8.23. The van der Waals surface area contributed by atoms with Crippen LogP contribution in [0.25, 0.3) is 0 Å². The molecule has 0 aromatic rings. The third-order valence-corrected chi connectivity index (χ3v) is 3.55. The molecule has 0 aliphatic carbocycles. The van der Waals surface area contributed by atoms with E-state index < -0.39 is 5.66 Å². The standard InChI is InChI=1S/C12H21N3O2/c16-10-6-5-7-12(11(17)15-10)13-8-3-1-2-4-9-14-12/h13-14H,1-9H2,(H,15,16,17). The molecule has 2 aliphatic rings. The largest absolute Gasteiger partial charge is 0.294 e. The number of amides is 2. The molecular weight excluding hydrogens is 218 g/mol. The zero-order valence-electron chi connectivity index (χ0n) is 10.2. The number of rotatable bonds is 0. The van der Waals surface area contributed by atoms with E-state index in [9.17, 15) is 9.59 Å². The molecule has 17 heavy (non-hydrogen) atoms. The second kappa shape index (κ2) is 5.60. The summed E-state index contributed by atoms with van der Waals surface area (Å²) in [4.78, 5) is 23.5. The molecule has 1 spiro atoms.